The highest BCUT2D eigenvalue weighted by atomic mass is 19.4. The van der Waals surface area contributed by atoms with Crippen molar-refractivity contribution in [3.63, 3.8) is 0 Å². The molecule has 0 radical (unpaired) electrons. The highest BCUT2D eigenvalue weighted by Crippen LogP contribution is 2.42. The van der Waals surface area contributed by atoms with Gasteiger partial charge in [-0.2, -0.15) is 39.5 Å². The number of hydrogen-bond acceptors (Lipinski definition) is 4. The molecule has 0 unspecified atom stereocenters. The largest absolute Gasteiger partial charge is 0.449 e. The Morgan fingerprint density at radius 3 is 1.95 bits per heavy atom. The summed E-state index contributed by atoms with van der Waals surface area (Å²) in [7, 11) is 0. The van der Waals surface area contributed by atoms with Crippen LogP contribution in [0.25, 0.3) is 0 Å². The molecule has 15 heteroatoms. The van der Waals surface area contributed by atoms with Crippen LogP contribution in [0, 0.1) is 0 Å². The fourth-order valence-corrected chi connectivity index (χ4v) is 4.53. The van der Waals surface area contributed by atoms with Crippen molar-refractivity contribution in [2.24, 2.45) is 0 Å². The van der Waals surface area contributed by atoms with Crippen LogP contribution in [0.2, 0.25) is 0 Å². The maximum Gasteiger partial charge on any atom is 0.416 e. The van der Waals surface area contributed by atoms with Crippen molar-refractivity contribution in [1.29, 1.82) is 0 Å². The lowest BCUT2D eigenvalue weighted by Gasteiger charge is -2.40. The summed E-state index contributed by atoms with van der Waals surface area (Å²) in [5.74, 6) is 0. The second-order valence-electron chi connectivity index (χ2n) is 9.55. The number of carbonyl (C=O) groups is 2. The van der Waals surface area contributed by atoms with E-state index in [0.29, 0.717) is 25.0 Å². The first kappa shape index (κ1) is 32.9. The van der Waals surface area contributed by atoms with Crippen molar-refractivity contribution in [3.8, 4) is 0 Å². The van der Waals surface area contributed by atoms with Crippen molar-refractivity contribution in [2.45, 2.75) is 70.1 Å². The molecule has 2 atom stereocenters. The summed E-state index contributed by atoms with van der Waals surface area (Å²) >= 11 is 0. The summed E-state index contributed by atoms with van der Waals surface area (Å²) in [6.45, 7) is 2.93. The molecule has 1 aliphatic heterocycles. The van der Waals surface area contributed by atoms with Crippen LogP contribution in [-0.2, 0) is 34.4 Å². The number of ether oxygens (including phenoxy) is 2. The van der Waals surface area contributed by atoms with Crippen LogP contribution in [-0.4, -0.2) is 31.4 Å². The van der Waals surface area contributed by atoms with E-state index in [2.05, 4.69) is 5.32 Å². The van der Waals surface area contributed by atoms with E-state index < -0.39 is 78.1 Å². The van der Waals surface area contributed by atoms with Crippen LogP contribution in [0.15, 0.2) is 36.4 Å². The number of alkyl halides is 9. The zero-order chi connectivity index (χ0) is 31.5. The molecule has 0 aromatic heterocycles. The van der Waals surface area contributed by atoms with E-state index in [0.717, 1.165) is 18.2 Å². The Morgan fingerprint density at radius 1 is 0.833 bits per heavy atom. The molecule has 2 amide bonds. The maximum absolute atomic E-state index is 13.5. The smallest absolute Gasteiger partial charge is 0.416 e. The molecule has 1 N–H and O–H groups in total. The number of carbonyl (C=O) groups excluding carboxylic acids is 2. The molecular weight excluding hydrogens is 587 g/mol. The molecule has 2 aromatic carbocycles. The minimum Gasteiger partial charge on any atom is -0.449 e. The summed E-state index contributed by atoms with van der Waals surface area (Å²) in [5, 5.41) is 2.41. The second-order valence-corrected chi connectivity index (χ2v) is 9.55. The van der Waals surface area contributed by atoms with Gasteiger partial charge in [0.25, 0.3) is 0 Å². The predicted octanol–water partition coefficient (Wildman–Crippen LogP) is 8.29. The lowest BCUT2D eigenvalue weighted by atomic mass is 9.89. The summed E-state index contributed by atoms with van der Waals surface area (Å²) in [5.41, 5.74) is -4.45. The van der Waals surface area contributed by atoms with E-state index in [-0.39, 0.29) is 30.3 Å². The number of rotatable bonds is 7. The number of benzene rings is 2. The molecule has 0 saturated carbocycles. The molecule has 3 rings (SSSR count). The quantitative estimate of drug-likeness (QED) is 0.319. The monoisotopic (exact) mass is 614 g/mol. The van der Waals surface area contributed by atoms with Gasteiger partial charge in [0.05, 0.1) is 41.6 Å². The Balaban J connectivity index is 1.81. The zero-order valence-corrected chi connectivity index (χ0v) is 22.3. The van der Waals surface area contributed by atoms with Gasteiger partial charge < -0.3 is 14.8 Å². The van der Waals surface area contributed by atoms with E-state index in [9.17, 15) is 49.1 Å². The standard InChI is InChI=1S/C27H27F9N2O4/c1-3-8-42-24(40)38-19(4-2)14-21(20-13-16(25(28,29)30)5-6-22(20)38)37-23(39)41-9-7-15-10-17(26(31,32)33)12-18(11-15)27(34,35)36/h5-6,10-13,19,21H,3-4,7-9,14H2,1-2H3,(H,37,39)/t19-,21+/m1/s1. The van der Waals surface area contributed by atoms with Gasteiger partial charge in [0.15, 0.2) is 0 Å². The lowest BCUT2D eigenvalue weighted by molar-refractivity contribution is -0.143. The Bertz CT molecular complexity index is 1240. The van der Waals surface area contributed by atoms with Crippen molar-refractivity contribution >= 4 is 17.9 Å². The highest BCUT2D eigenvalue weighted by Gasteiger charge is 2.40. The first-order chi connectivity index (χ1) is 19.5. The fraction of sp³-hybridized carbons (Fsp3) is 0.481. The van der Waals surface area contributed by atoms with Gasteiger partial charge in [0, 0.05) is 12.5 Å². The predicted molar refractivity (Wildman–Crippen MR) is 132 cm³/mol. The third-order valence-corrected chi connectivity index (χ3v) is 6.52. The van der Waals surface area contributed by atoms with Crippen LogP contribution in [0.1, 0.15) is 67.0 Å². The molecule has 6 nitrogen and oxygen atoms in total. The Labute approximate surface area is 234 Å². The maximum atomic E-state index is 13.5. The van der Waals surface area contributed by atoms with E-state index in [1.807, 2.05) is 0 Å². The van der Waals surface area contributed by atoms with E-state index in [1.165, 1.54) is 4.90 Å². The van der Waals surface area contributed by atoms with Gasteiger partial charge in [0.2, 0.25) is 0 Å². The molecular formula is C27H27F9N2O4. The average Bonchev–Trinajstić information content (AvgIpc) is 2.89. The first-order valence-corrected chi connectivity index (χ1v) is 12.8. The van der Waals surface area contributed by atoms with Gasteiger partial charge in [0.1, 0.15) is 0 Å². The molecule has 0 spiro atoms. The van der Waals surface area contributed by atoms with Crippen LogP contribution >= 0.6 is 0 Å². The highest BCUT2D eigenvalue weighted by molar-refractivity contribution is 5.90. The Morgan fingerprint density at radius 2 is 1.43 bits per heavy atom. The van der Waals surface area contributed by atoms with Crippen LogP contribution in [0.4, 0.5) is 54.8 Å². The number of amides is 2. The third kappa shape index (κ3) is 8.00. The molecule has 2 aromatic rings. The minimum atomic E-state index is -5.05. The van der Waals surface area contributed by atoms with Gasteiger partial charge in [-0.05, 0) is 66.8 Å². The molecule has 1 heterocycles. The summed E-state index contributed by atoms with van der Waals surface area (Å²) in [4.78, 5) is 26.6. The van der Waals surface area contributed by atoms with Gasteiger partial charge in [-0.15, -0.1) is 0 Å². The van der Waals surface area contributed by atoms with Crippen LogP contribution in [0.3, 0.4) is 0 Å². The molecule has 0 saturated heterocycles. The van der Waals surface area contributed by atoms with Gasteiger partial charge in [-0.1, -0.05) is 13.8 Å². The topological polar surface area (TPSA) is 67.9 Å². The van der Waals surface area contributed by atoms with Crippen molar-refractivity contribution < 1.29 is 58.6 Å². The van der Waals surface area contributed by atoms with Crippen LogP contribution < -0.4 is 10.2 Å². The van der Waals surface area contributed by atoms with E-state index in [1.54, 1.807) is 13.8 Å². The summed E-state index contributed by atoms with van der Waals surface area (Å²) < 4.78 is 129. The number of nitrogens with zero attached hydrogens (tertiary/aromatic N) is 1. The minimum absolute atomic E-state index is 0.0241. The number of nitrogens with one attached hydrogen (secondary N) is 1. The Hall–Kier alpha value is -3.65. The van der Waals surface area contributed by atoms with Crippen molar-refractivity contribution in [3.05, 3.63) is 64.2 Å². The first-order valence-electron chi connectivity index (χ1n) is 12.8. The average molecular weight is 615 g/mol. The van der Waals surface area contributed by atoms with Crippen molar-refractivity contribution in [1.82, 2.24) is 5.32 Å². The fourth-order valence-electron chi connectivity index (χ4n) is 4.53. The van der Waals surface area contributed by atoms with Gasteiger partial charge >= 0.3 is 30.7 Å². The summed E-state index contributed by atoms with van der Waals surface area (Å²) in [6, 6.07) is 1.99. The van der Waals surface area contributed by atoms with E-state index in [4.69, 9.17) is 9.47 Å². The van der Waals surface area contributed by atoms with Gasteiger partial charge in [-0.3, -0.25) is 4.90 Å². The summed E-state index contributed by atoms with van der Waals surface area (Å²) in [6.07, 6.45) is -16.5. The molecule has 0 bridgehead atoms. The molecule has 0 fully saturated rings. The molecule has 0 aliphatic carbocycles. The number of halogens is 9. The number of hydrogen-bond donors (Lipinski definition) is 1. The van der Waals surface area contributed by atoms with Crippen molar-refractivity contribution in [2.75, 3.05) is 18.1 Å². The SMILES string of the molecule is CCCOC(=O)N1c2ccc(C(F)(F)F)cc2[C@@H](NC(=O)OCCc2cc(C(F)(F)F)cc(C(F)(F)F)c2)C[C@H]1CC. The third-order valence-electron chi connectivity index (χ3n) is 6.52. The number of fused-ring (bicyclic) bond motifs is 1. The molecule has 1 aliphatic rings. The van der Waals surface area contributed by atoms with Crippen LogP contribution in [0.5, 0.6) is 0 Å². The van der Waals surface area contributed by atoms with Gasteiger partial charge in [-0.25, -0.2) is 9.59 Å². The molecule has 232 valence electrons. The lowest BCUT2D eigenvalue weighted by Crippen LogP contribution is -2.48. The normalized spacial score (nSPS) is 17.5. The zero-order valence-electron chi connectivity index (χ0n) is 22.3. The number of anilines is 1. The second kappa shape index (κ2) is 12.7. The molecule has 42 heavy (non-hydrogen) atoms. The Kier molecular flexibility index (Phi) is 9.93. The number of alkyl carbamates (subject to hydrolysis) is 1. The van der Waals surface area contributed by atoms with E-state index >= 15 is 0 Å².